The zero-order valence-electron chi connectivity index (χ0n) is 12.1. The molecule has 0 amide bonds. The van der Waals surface area contributed by atoms with Gasteiger partial charge in [-0.1, -0.05) is 61.2 Å². The zero-order chi connectivity index (χ0) is 15.4. The molecule has 0 spiro atoms. The minimum absolute atomic E-state index is 0.0497. The second kappa shape index (κ2) is 6.76. The molecule has 4 heteroatoms. The first kappa shape index (κ1) is 15.6. The van der Waals surface area contributed by atoms with Crippen LogP contribution < -0.4 is 0 Å². The van der Waals surface area contributed by atoms with Crippen LogP contribution in [0.25, 0.3) is 10.8 Å². The molecule has 2 aromatic rings. The molecule has 2 rings (SSSR count). The van der Waals surface area contributed by atoms with Crippen LogP contribution >= 0.6 is 11.8 Å². The molecule has 2 aromatic carbocycles. The number of carboxylic acid groups (broad SMARTS) is 1. The highest BCUT2D eigenvalue weighted by Gasteiger charge is 2.27. The molecule has 110 valence electrons. The Balaban J connectivity index is 2.36. The quantitative estimate of drug-likeness (QED) is 0.909. The highest BCUT2D eigenvalue weighted by Crippen LogP contribution is 2.32. The maximum atomic E-state index is 11.5. The predicted molar refractivity (Wildman–Crippen MR) is 86.6 cm³/mol. The van der Waals surface area contributed by atoms with Gasteiger partial charge in [-0.3, -0.25) is 9.59 Å². The van der Waals surface area contributed by atoms with Crippen molar-refractivity contribution in [1.29, 1.82) is 0 Å². The largest absolute Gasteiger partial charge is 0.481 e. The van der Waals surface area contributed by atoms with Crippen molar-refractivity contribution in [3.05, 3.63) is 48.0 Å². The van der Waals surface area contributed by atoms with Gasteiger partial charge in [0.15, 0.2) is 5.12 Å². The number of aliphatic carboxylic acids is 1. The van der Waals surface area contributed by atoms with Gasteiger partial charge in [0.05, 0.1) is 5.92 Å². The van der Waals surface area contributed by atoms with E-state index in [9.17, 15) is 14.7 Å². The lowest BCUT2D eigenvalue weighted by molar-refractivity contribution is -0.141. The van der Waals surface area contributed by atoms with Crippen molar-refractivity contribution >= 4 is 33.6 Å². The van der Waals surface area contributed by atoms with E-state index in [1.165, 1.54) is 6.92 Å². The standard InChI is InChI=1S/C17H18O3S/c1-11(16(17(19)20)10-21-12(2)18)14-9-5-7-13-6-3-4-8-15(13)14/h3-9,11,16H,10H2,1-2H3,(H,19,20)/t11-,16+/m0/s1. The van der Waals surface area contributed by atoms with E-state index < -0.39 is 11.9 Å². The fourth-order valence-electron chi connectivity index (χ4n) is 2.50. The third kappa shape index (κ3) is 3.64. The first-order valence-electron chi connectivity index (χ1n) is 6.84. The molecule has 2 atom stereocenters. The van der Waals surface area contributed by atoms with Gasteiger partial charge in [0.25, 0.3) is 0 Å². The van der Waals surface area contributed by atoms with Crippen molar-refractivity contribution in [2.24, 2.45) is 5.92 Å². The summed E-state index contributed by atoms with van der Waals surface area (Å²) in [4.78, 5) is 22.7. The van der Waals surface area contributed by atoms with Crippen LogP contribution in [0.3, 0.4) is 0 Å². The zero-order valence-corrected chi connectivity index (χ0v) is 12.9. The summed E-state index contributed by atoms with van der Waals surface area (Å²) in [6.45, 7) is 3.38. The molecular formula is C17H18O3S. The predicted octanol–water partition coefficient (Wildman–Crippen LogP) is 3.92. The van der Waals surface area contributed by atoms with Gasteiger partial charge in [-0.2, -0.15) is 0 Å². The molecule has 3 nitrogen and oxygen atoms in total. The summed E-state index contributed by atoms with van der Waals surface area (Å²) >= 11 is 1.08. The molecule has 0 saturated heterocycles. The van der Waals surface area contributed by atoms with Crippen LogP contribution in [-0.4, -0.2) is 21.9 Å². The SMILES string of the molecule is CC(=O)SC[C@@H](C(=O)O)[C@@H](C)c1cccc2ccccc12. The fourth-order valence-corrected chi connectivity index (χ4v) is 3.35. The van der Waals surface area contributed by atoms with Gasteiger partial charge in [-0.15, -0.1) is 0 Å². The molecule has 0 heterocycles. The number of fused-ring (bicyclic) bond motifs is 1. The molecule has 0 bridgehead atoms. The van der Waals surface area contributed by atoms with Gasteiger partial charge in [0, 0.05) is 12.7 Å². The Kier molecular flexibility index (Phi) is 5.02. The minimum atomic E-state index is -0.857. The van der Waals surface area contributed by atoms with Gasteiger partial charge in [0.2, 0.25) is 0 Å². The van der Waals surface area contributed by atoms with Crippen molar-refractivity contribution < 1.29 is 14.7 Å². The fraction of sp³-hybridized carbons (Fsp3) is 0.294. The Morgan fingerprint density at radius 2 is 1.81 bits per heavy atom. The lowest BCUT2D eigenvalue weighted by Crippen LogP contribution is -2.23. The number of carboxylic acids is 1. The number of benzene rings is 2. The highest BCUT2D eigenvalue weighted by molar-refractivity contribution is 8.13. The lowest BCUT2D eigenvalue weighted by Gasteiger charge is -2.21. The van der Waals surface area contributed by atoms with E-state index in [0.29, 0.717) is 5.75 Å². The van der Waals surface area contributed by atoms with E-state index in [-0.39, 0.29) is 11.0 Å². The molecule has 0 aliphatic rings. The van der Waals surface area contributed by atoms with Crippen LogP contribution in [-0.2, 0) is 9.59 Å². The Bertz CT molecular complexity index is 661. The van der Waals surface area contributed by atoms with Crippen molar-refractivity contribution in [3.63, 3.8) is 0 Å². The maximum absolute atomic E-state index is 11.5. The topological polar surface area (TPSA) is 54.4 Å². The van der Waals surface area contributed by atoms with E-state index in [1.54, 1.807) is 0 Å². The van der Waals surface area contributed by atoms with E-state index in [0.717, 1.165) is 28.1 Å². The average molecular weight is 302 g/mol. The molecular weight excluding hydrogens is 284 g/mol. The molecule has 21 heavy (non-hydrogen) atoms. The molecule has 0 saturated carbocycles. The number of carbonyl (C=O) groups excluding carboxylic acids is 1. The van der Waals surface area contributed by atoms with Crippen LogP contribution in [0.2, 0.25) is 0 Å². The number of carbonyl (C=O) groups is 2. The normalized spacial score (nSPS) is 13.8. The number of hydrogen-bond acceptors (Lipinski definition) is 3. The summed E-state index contributed by atoms with van der Waals surface area (Å²) in [5, 5.41) is 11.6. The highest BCUT2D eigenvalue weighted by atomic mass is 32.2. The minimum Gasteiger partial charge on any atom is -0.481 e. The summed E-state index contributed by atoms with van der Waals surface area (Å²) in [5.41, 5.74) is 1.02. The molecule has 0 radical (unpaired) electrons. The number of thioether (sulfide) groups is 1. The molecule has 0 fully saturated rings. The smallest absolute Gasteiger partial charge is 0.307 e. The van der Waals surface area contributed by atoms with E-state index >= 15 is 0 Å². The monoisotopic (exact) mass is 302 g/mol. The summed E-state index contributed by atoms with van der Waals surface area (Å²) in [7, 11) is 0. The Morgan fingerprint density at radius 3 is 2.48 bits per heavy atom. The van der Waals surface area contributed by atoms with Crippen molar-refractivity contribution in [2.45, 2.75) is 19.8 Å². The molecule has 1 N–H and O–H groups in total. The first-order valence-corrected chi connectivity index (χ1v) is 7.83. The van der Waals surface area contributed by atoms with E-state index in [2.05, 4.69) is 0 Å². The summed E-state index contributed by atoms with van der Waals surface area (Å²) < 4.78 is 0. The first-order chi connectivity index (χ1) is 10.0. The molecule has 0 unspecified atom stereocenters. The number of rotatable bonds is 5. The average Bonchev–Trinajstić information content (AvgIpc) is 2.46. The van der Waals surface area contributed by atoms with Crippen LogP contribution in [0.1, 0.15) is 25.3 Å². The van der Waals surface area contributed by atoms with Crippen LogP contribution in [0.4, 0.5) is 0 Å². The van der Waals surface area contributed by atoms with Crippen molar-refractivity contribution in [1.82, 2.24) is 0 Å². The lowest BCUT2D eigenvalue weighted by atomic mass is 9.86. The second-order valence-corrected chi connectivity index (χ2v) is 6.30. The van der Waals surface area contributed by atoms with Crippen LogP contribution in [0, 0.1) is 5.92 Å². The molecule has 0 aliphatic heterocycles. The van der Waals surface area contributed by atoms with Gasteiger partial charge < -0.3 is 5.11 Å². The van der Waals surface area contributed by atoms with Gasteiger partial charge in [0.1, 0.15) is 0 Å². The summed E-state index contributed by atoms with van der Waals surface area (Å²) in [5.74, 6) is -1.29. The number of hydrogen-bond donors (Lipinski definition) is 1. The summed E-state index contributed by atoms with van der Waals surface area (Å²) in [6.07, 6.45) is 0. The third-order valence-corrected chi connectivity index (χ3v) is 4.63. The molecule has 0 aliphatic carbocycles. The maximum Gasteiger partial charge on any atom is 0.307 e. The van der Waals surface area contributed by atoms with E-state index in [4.69, 9.17) is 0 Å². The third-order valence-electron chi connectivity index (χ3n) is 3.70. The second-order valence-electron chi connectivity index (χ2n) is 5.10. The van der Waals surface area contributed by atoms with Crippen molar-refractivity contribution in [2.75, 3.05) is 5.75 Å². The van der Waals surface area contributed by atoms with Gasteiger partial charge >= 0.3 is 5.97 Å². The van der Waals surface area contributed by atoms with Gasteiger partial charge in [-0.05, 0) is 22.3 Å². The Hall–Kier alpha value is -1.81. The Labute approximate surface area is 128 Å². The van der Waals surface area contributed by atoms with Crippen LogP contribution in [0.15, 0.2) is 42.5 Å². The molecule has 0 aromatic heterocycles. The van der Waals surface area contributed by atoms with Gasteiger partial charge in [-0.25, -0.2) is 0 Å². The Morgan fingerprint density at radius 1 is 1.14 bits per heavy atom. The van der Waals surface area contributed by atoms with Crippen molar-refractivity contribution in [3.8, 4) is 0 Å². The summed E-state index contributed by atoms with van der Waals surface area (Å²) in [6, 6.07) is 13.9. The van der Waals surface area contributed by atoms with Crippen LogP contribution in [0.5, 0.6) is 0 Å². The van der Waals surface area contributed by atoms with E-state index in [1.807, 2.05) is 49.4 Å².